The number of aromatic carboxylic acids is 1. The molecule has 1 aromatic carbocycles. The van der Waals surface area contributed by atoms with Gasteiger partial charge in [-0.3, -0.25) is 15.0 Å². The van der Waals surface area contributed by atoms with E-state index in [0.29, 0.717) is 26.3 Å². The molecule has 1 aliphatic heterocycles. The smallest absolute Gasteiger partial charge is 0.337 e. The van der Waals surface area contributed by atoms with Gasteiger partial charge in [0.15, 0.2) is 11.5 Å². The van der Waals surface area contributed by atoms with Crippen LogP contribution in [0.5, 0.6) is 0 Å². The van der Waals surface area contributed by atoms with E-state index in [4.69, 9.17) is 9.84 Å². The predicted molar refractivity (Wildman–Crippen MR) is 82.5 cm³/mol. The van der Waals surface area contributed by atoms with Gasteiger partial charge in [0, 0.05) is 20.0 Å². The Morgan fingerprint density at radius 1 is 1.22 bits per heavy atom. The first-order valence-electron chi connectivity index (χ1n) is 7.04. The molecular weight excluding hydrogens is 302 g/mol. The number of ether oxygens (including phenoxy) is 1. The minimum atomic E-state index is -1.13. The van der Waals surface area contributed by atoms with Crippen molar-refractivity contribution in [3.8, 4) is 0 Å². The number of para-hydroxylation sites is 1. The van der Waals surface area contributed by atoms with Crippen molar-refractivity contribution in [2.75, 3.05) is 31.7 Å². The van der Waals surface area contributed by atoms with Gasteiger partial charge in [0.05, 0.1) is 24.5 Å². The first-order chi connectivity index (χ1) is 11.0. The van der Waals surface area contributed by atoms with Gasteiger partial charge < -0.3 is 14.7 Å². The normalized spacial score (nSPS) is 15.2. The number of hydrazone groups is 1. The summed E-state index contributed by atoms with van der Waals surface area (Å²) in [5, 5.41) is 12.9. The lowest BCUT2D eigenvalue weighted by atomic mass is 10.2. The second kappa shape index (κ2) is 7.50. The summed E-state index contributed by atoms with van der Waals surface area (Å²) in [5.74, 6) is -2.13. The summed E-state index contributed by atoms with van der Waals surface area (Å²) in [7, 11) is 0. The maximum absolute atomic E-state index is 12.3. The third-order valence-corrected chi connectivity index (χ3v) is 3.28. The number of ketones is 1. The Kier molecular flexibility index (Phi) is 5.42. The van der Waals surface area contributed by atoms with Gasteiger partial charge in [0.1, 0.15) is 0 Å². The van der Waals surface area contributed by atoms with Crippen molar-refractivity contribution < 1.29 is 24.2 Å². The highest BCUT2D eigenvalue weighted by atomic mass is 16.5. The van der Waals surface area contributed by atoms with E-state index < -0.39 is 17.7 Å². The Morgan fingerprint density at radius 3 is 2.48 bits per heavy atom. The number of carboxylic acid groups (broad SMARTS) is 1. The molecule has 0 radical (unpaired) electrons. The van der Waals surface area contributed by atoms with E-state index in [2.05, 4.69) is 10.5 Å². The standard InChI is InChI=1S/C15H17N3O5/c1-10(19)13(14(20)18-6-8-23-9-7-18)17-16-12-5-3-2-4-11(12)15(21)22/h2-5,16H,6-9H2,1H3,(H,21,22)/b17-13+. The molecule has 2 rings (SSSR count). The molecule has 8 heteroatoms. The molecule has 1 aromatic rings. The topological polar surface area (TPSA) is 108 Å². The minimum Gasteiger partial charge on any atom is -0.478 e. The molecular formula is C15H17N3O5. The van der Waals surface area contributed by atoms with Crippen molar-refractivity contribution in [3.05, 3.63) is 29.8 Å². The highest BCUT2D eigenvalue weighted by Gasteiger charge is 2.25. The molecule has 0 spiro atoms. The van der Waals surface area contributed by atoms with Crippen molar-refractivity contribution in [1.29, 1.82) is 0 Å². The first kappa shape index (κ1) is 16.6. The molecule has 0 aromatic heterocycles. The van der Waals surface area contributed by atoms with Gasteiger partial charge in [-0.1, -0.05) is 12.1 Å². The Morgan fingerprint density at radius 2 is 1.87 bits per heavy atom. The number of carbonyl (C=O) groups is 3. The summed E-state index contributed by atoms with van der Waals surface area (Å²) < 4.78 is 5.16. The van der Waals surface area contributed by atoms with Crippen molar-refractivity contribution in [3.63, 3.8) is 0 Å². The van der Waals surface area contributed by atoms with E-state index in [1.54, 1.807) is 12.1 Å². The molecule has 0 saturated carbocycles. The molecule has 0 bridgehead atoms. The third kappa shape index (κ3) is 4.13. The number of morpholine rings is 1. The molecule has 1 heterocycles. The van der Waals surface area contributed by atoms with Gasteiger partial charge in [-0.05, 0) is 12.1 Å². The van der Waals surface area contributed by atoms with Crippen LogP contribution in [0.25, 0.3) is 0 Å². The summed E-state index contributed by atoms with van der Waals surface area (Å²) in [5.41, 5.74) is 2.43. The lowest BCUT2D eigenvalue weighted by molar-refractivity contribution is -0.128. The van der Waals surface area contributed by atoms with Gasteiger partial charge in [-0.2, -0.15) is 5.10 Å². The Hall–Kier alpha value is -2.74. The highest BCUT2D eigenvalue weighted by Crippen LogP contribution is 2.15. The molecule has 122 valence electrons. The SMILES string of the molecule is CC(=O)/C(=N\Nc1ccccc1C(=O)O)C(=O)N1CCOCC1. The van der Waals surface area contributed by atoms with Crippen molar-refractivity contribution in [1.82, 2.24) is 4.90 Å². The van der Waals surface area contributed by atoms with E-state index in [0.717, 1.165) is 0 Å². The second-order valence-corrected chi connectivity index (χ2v) is 4.88. The molecule has 1 aliphatic rings. The molecule has 2 N–H and O–H groups in total. The summed E-state index contributed by atoms with van der Waals surface area (Å²) in [6, 6.07) is 6.10. The maximum atomic E-state index is 12.3. The average Bonchev–Trinajstić information content (AvgIpc) is 2.55. The fourth-order valence-electron chi connectivity index (χ4n) is 2.08. The number of amides is 1. The van der Waals surface area contributed by atoms with Gasteiger partial charge in [0.25, 0.3) is 5.91 Å². The summed E-state index contributed by atoms with van der Waals surface area (Å²) in [6.07, 6.45) is 0. The summed E-state index contributed by atoms with van der Waals surface area (Å²) in [4.78, 5) is 36.7. The van der Waals surface area contributed by atoms with Crippen molar-refractivity contribution in [2.45, 2.75) is 6.92 Å². The monoisotopic (exact) mass is 319 g/mol. The van der Waals surface area contributed by atoms with Gasteiger partial charge in [-0.25, -0.2) is 4.79 Å². The minimum absolute atomic E-state index is 0.00188. The predicted octanol–water partition coefficient (Wildman–Crippen LogP) is 0.600. The zero-order valence-corrected chi connectivity index (χ0v) is 12.6. The summed E-state index contributed by atoms with van der Waals surface area (Å²) >= 11 is 0. The van der Waals surface area contributed by atoms with Crippen LogP contribution in [0, 0.1) is 0 Å². The number of Topliss-reactive ketones (excluding diaryl/α,β-unsaturated/α-hetero) is 1. The van der Waals surface area contributed by atoms with Crippen LogP contribution in [-0.4, -0.2) is 59.7 Å². The molecule has 0 aliphatic carbocycles. The quantitative estimate of drug-likeness (QED) is 0.467. The molecule has 8 nitrogen and oxygen atoms in total. The molecule has 1 amide bonds. The zero-order chi connectivity index (χ0) is 16.8. The molecule has 23 heavy (non-hydrogen) atoms. The van der Waals surface area contributed by atoms with E-state index in [9.17, 15) is 14.4 Å². The van der Waals surface area contributed by atoms with E-state index in [-0.39, 0.29) is 17.0 Å². The number of hydrogen-bond donors (Lipinski definition) is 2. The molecule has 0 atom stereocenters. The van der Waals surface area contributed by atoms with Gasteiger partial charge in [0.2, 0.25) is 0 Å². The van der Waals surface area contributed by atoms with E-state index >= 15 is 0 Å². The number of hydrogen-bond acceptors (Lipinski definition) is 6. The number of nitrogens with zero attached hydrogens (tertiary/aromatic N) is 2. The number of carboxylic acids is 1. The van der Waals surface area contributed by atoms with Crippen LogP contribution in [0.15, 0.2) is 29.4 Å². The first-order valence-corrected chi connectivity index (χ1v) is 7.04. The number of nitrogens with one attached hydrogen (secondary N) is 1. The number of rotatable bonds is 5. The fraction of sp³-hybridized carbons (Fsp3) is 0.333. The Balaban J connectivity index is 2.21. The van der Waals surface area contributed by atoms with Crippen LogP contribution in [0.3, 0.4) is 0 Å². The lowest BCUT2D eigenvalue weighted by Crippen LogP contribution is -2.45. The van der Waals surface area contributed by atoms with Crippen LogP contribution >= 0.6 is 0 Å². The number of carbonyl (C=O) groups excluding carboxylic acids is 2. The van der Waals surface area contributed by atoms with Crippen LogP contribution in [-0.2, 0) is 14.3 Å². The maximum Gasteiger partial charge on any atom is 0.337 e. The fourth-order valence-corrected chi connectivity index (χ4v) is 2.08. The lowest BCUT2D eigenvalue weighted by Gasteiger charge is -2.26. The second-order valence-electron chi connectivity index (χ2n) is 4.88. The zero-order valence-electron chi connectivity index (χ0n) is 12.6. The number of anilines is 1. The van der Waals surface area contributed by atoms with E-state index in [1.165, 1.54) is 24.0 Å². The Labute approximate surface area is 132 Å². The van der Waals surface area contributed by atoms with Crippen LogP contribution in [0.1, 0.15) is 17.3 Å². The van der Waals surface area contributed by atoms with Gasteiger partial charge in [-0.15, -0.1) is 0 Å². The van der Waals surface area contributed by atoms with Crippen molar-refractivity contribution in [2.24, 2.45) is 5.10 Å². The average molecular weight is 319 g/mol. The van der Waals surface area contributed by atoms with Crippen molar-refractivity contribution >= 4 is 29.1 Å². The van der Waals surface area contributed by atoms with Gasteiger partial charge >= 0.3 is 5.97 Å². The van der Waals surface area contributed by atoms with E-state index in [1.807, 2.05) is 0 Å². The number of benzene rings is 1. The Bertz CT molecular complexity index is 650. The van der Waals surface area contributed by atoms with Crippen LogP contribution < -0.4 is 5.43 Å². The molecule has 0 unspecified atom stereocenters. The highest BCUT2D eigenvalue weighted by molar-refractivity contribution is 6.65. The van der Waals surface area contributed by atoms with Crippen LogP contribution in [0.2, 0.25) is 0 Å². The summed E-state index contributed by atoms with van der Waals surface area (Å²) in [6.45, 7) is 2.83. The molecule has 1 fully saturated rings. The third-order valence-electron chi connectivity index (χ3n) is 3.28. The van der Waals surface area contributed by atoms with Crippen LogP contribution in [0.4, 0.5) is 5.69 Å². The largest absolute Gasteiger partial charge is 0.478 e. The molecule has 1 saturated heterocycles.